The Bertz CT molecular complexity index is 485. The zero-order valence-electron chi connectivity index (χ0n) is 12.1. The van der Waals surface area contributed by atoms with Crippen molar-refractivity contribution in [1.29, 1.82) is 0 Å². The van der Waals surface area contributed by atoms with Gasteiger partial charge in [0.1, 0.15) is 12.1 Å². The van der Waals surface area contributed by atoms with Crippen LogP contribution in [0.15, 0.2) is 29.4 Å². The standard InChI is InChI=1S/C15H20N2O3/c1-15(2,3)20-14(18)17-9-13(10-17)12-6-4-11(5-7-12)8-16-19/h4-7,13H,8-10H2,1-3H3. The van der Waals surface area contributed by atoms with Gasteiger partial charge in [0, 0.05) is 19.0 Å². The second-order valence-electron chi connectivity index (χ2n) is 6.11. The van der Waals surface area contributed by atoms with Crippen molar-refractivity contribution >= 4 is 6.09 Å². The molecule has 0 aliphatic carbocycles. The molecule has 1 aromatic rings. The number of hydrogen-bond donors (Lipinski definition) is 0. The van der Waals surface area contributed by atoms with Crippen molar-refractivity contribution in [3.05, 3.63) is 40.3 Å². The summed E-state index contributed by atoms with van der Waals surface area (Å²) in [7, 11) is 0. The van der Waals surface area contributed by atoms with Gasteiger partial charge in [-0.15, -0.1) is 0 Å². The first-order valence-corrected chi connectivity index (χ1v) is 6.75. The van der Waals surface area contributed by atoms with E-state index in [1.54, 1.807) is 4.90 Å². The Morgan fingerprint density at radius 3 is 2.40 bits per heavy atom. The van der Waals surface area contributed by atoms with Gasteiger partial charge in [-0.1, -0.05) is 29.4 Å². The minimum atomic E-state index is -0.453. The van der Waals surface area contributed by atoms with Gasteiger partial charge in [0.15, 0.2) is 0 Å². The van der Waals surface area contributed by atoms with Crippen LogP contribution in [0.5, 0.6) is 0 Å². The summed E-state index contributed by atoms with van der Waals surface area (Å²) in [5.41, 5.74) is 1.64. The van der Waals surface area contributed by atoms with E-state index in [0.717, 1.165) is 5.56 Å². The molecule has 1 aliphatic heterocycles. The van der Waals surface area contributed by atoms with Crippen LogP contribution in [0.2, 0.25) is 0 Å². The highest BCUT2D eigenvalue weighted by Gasteiger charge is 2.34. The van der Waals surface area contributed by atoms with E-state index >= 15 is 0 Å². The SMILES string of the molecule is CC(C)(C)OC(=O)N1CC(c2ccc(CN=O)cc2)C1. The molecule has 1 aromatic carbocycles. The summed E-state index contributed by atoms with van der Waals surface area (Å²) in [6.45, 7) is 7.15. The molecule has 0 saturated carbocycles. The lowest BCUT2D eigenvalue weighted by Crippen LogP contribution is -2.50. The van der Waals surface area contributed by atoms with Crippen molar-refractivity contribution in [1.82, 2.24) is 4.90 Å². The molecule has 108 valence electrons. The lowest BCUT2D eigenvalue weighted by molar-refractivity contribution is 0.00819. The van der Waals surface area contributed by atoms with Crippen molar-refractivity contribution in [2.45, 2.75) is 38.8 Å². The van der Waals surface area contributed by atoms with Crippen molar-refractivity contribution in [3.63, 3.8) is 0 Å². The number of nitroso groups, excluding NO2 is 1. The first-order valence-electron chi connectivity index (χ1n) is 6.75. The molecule has 0 spiro atoms. The van der Waals surface area contributed by atoms with E-state index in [1.165, 1.54) is 5.56 Å². The van der Waals surface area contributed by atoms with Crippen LogP contribution in [0, 0.1) is 4.91 Å². The third-order valence-corrected chi connectivity index (χ3v) is 3.23. The number of rotatable bonds is 3. The number of benzene rings is 1. The van der Waals surface area contributed by atoms with Crippen molar-refractivity contribution in [2.24, 2.45) is 5.18 Å². The van der Waals surface area contributed by atoms with Gasteiger partial charge in [-0.05, 0) is 31.9 Å². The Morgan fingerprint density at radius 2 is 1.90 bits per heavy atom. The highest BCUT2D eigenvalue weighted by molar-refractivity contribution is 5.69. The second-order valence-corrected chi connectivity index (χ2v) is 6.11. The van der Waals surface area contributed by atoms with Crippen LogP contribution < -0.4 is 0 Å². The minimum Gasteiger partial charge on any atom is -0.444 e. The van der Waals surface area contributed by atoms with Crippen molar-refractivity contribution < 1.29 is 9.53 Å². The van der Waals surface area contributed by atoms with Crippen LogP contribution in [0.1, 0.15) is 37.8 Å². The maximum absolute atomic E-state index is 11.8. The summed E-state index contributed by atoms with van der Waals surface area (Å²) in [6, 6.07) is 7.81. The highest BCUT2D eigenvalue weighted by Crippen LogP contribution is 2.28. The zero-order chi connectivity index (χ0) is 14.8. The van der Waals surface area contributed by atoms with E-state index in [0.29, 0.717) is 19.0 Å². The molecule has 0 radical (unpaired) electrons. The monoisotopic (exact) mass is 276 g/mol. The van der Waals surface area contributed by atoms with Crippen LogP contribution in [0.4, 0.5) is 4.79 Å². The van der Waals surface area contributed by atoms with E-state index in [1.807, 2.05) is 45.0 Å². The molecule has 1 fully saturated rings. The van der Waals surface area contributed by atoms with Crippen molar-refractivity contribution in [2.75, 3.05) is 13.1 Å². The zero-order valence-corrected chi connectivity index (χ0v) is 12.1. The molecule has 2 rings (SSSR count). The Labute approximate surface area is 118 Å². The lowest BCUT2D eigenvalue weighted by Gasteiger charge is -2.40. The summed E-state index contributed by atoms with van der Waals surface area (Å²) >= 11 is 0. The van der Waals surface area contributed by atoms with Gasteiger partial charge in [0.2, 0.25) is 0 Å². The topological polar surface area (TPSA) is 59.0 Å². The summed E-state index contributed by atoms with van der Waals surface area (Å²) in [5.74, 6) is 0.348. The number of ether oxygens (including phenoxy) is 1. The average Bonchev–Trinajstić information content (AvgIpc) is 2.27. The van der Waals surface area contributed by atoms with Gasteiger partial charge >= 0.3 is 6.09 Å². The van der Waals surface area contributed by atoms with E-state index in [-0.39, 0.29) is 12.6 Å². The normalized spacial score (nSPS) is 15.7. The molecule has 1 heterocycles. The van der Waals surface area contributed by atoms with Gasteiger partial charge in [-0.3, -0.25) is 0 Å². The third-order valence-electron chi connectivity index (χ3n) is 3.23. The largest absolute Gasteiger partial charge is 0.444 e. The minimum absolute atomic E-state index is 0.203. The number of hydrogen-bond acceptors (Lipinski definition) is 4. The van der Waals surface area contributed by atoms with Gasteiger partial charge in [0.25, 0.3) is 0 Å². The van der Waals surface area contributed by atoms with E-state index in [9.17, 15) is 9.70 Å². The second kappa shape index (κ2) is 5.61. The molecule has 0 atom stereocenters. The average molecular weight is 276 g/mol. The smallest absolute Gasteiger partial charge is 0.410 e. The molecule has 1 aliphatic rings. The molecule has 0 N–H and O–H groups in total. The maximum atomic E-state index is 11.8. The number of amides is 1. The number of carbonyl (C=O) groups is 1. The molecular formula is C15H20N2O3. The van der Waals surface area contributed by atoms with Gasteiger partial charge in [-0.2, -0.15) is 4.91 Å². The summed E-state index contributed by atoms with van der Waals surface area (Å²) in [4.78, 5) is 23.7. The molecular weight excluding hydrogens is 256 g/mol. The molecule has 1 amide bonds. The first-order chi connectivity index (χ1) is 9.39. The third kappa shape index (κ3) is 3.56. The predicted molar refractivity (Wildman–Crippen MR) is 76.5 cm³/mol. The summed E-state index contributed by atoms with van der Waals surface area (Å²) in [5, 5.41) is 2.86. The molecule has 0 bridgehead atoms. The molecule has 0 aromatic heterocycles. The number of nitrogens with zero attached hydrogens (tertiary/aromatic N) is 2. The van der Waals surface area contributed by atoms with Crippen LogP contribution in [-0.2, 0) is 11.3 Å². The van der Waals surface area contributed by atoms with Gasteiger partial charge in [-0.25, -0.2) is 4.79 Å². The highest BCUT2D eigenvalue weighted by atomic mass is 16.6. The van der Waals surface area contributed by atoms with Crippen LogP contribution in [-0.4, -0.2) is 29.7 Å². The van der Waals surface area contributed by atoms with E-state index < -0.39 is 5.60 Å². The molecule has 0 unspecified atom stereocenters. The molecule has 1 saturated heterocycles. The van der Waals surface area contributed by atoms with Crippen LogP contribution in [0.3, 0.4) is 0 Å². The van der Waals surface area contributed by atoms with E-state index in [2.05, 4.69) is 5.18 Å². The van der Waals surface area contributed by atoms with E-state index in [4.69, 9.17) is 4.74 Å². The fourth-order valence-corrected chi connectivity index (χ4v) is 2.13. The molecule has 20 heavy (non-hydrogen) atoms. The predicted octanol–water partition coefficient (Wildman–Crippen LogP) is 3.29. The fourth-order valence-electron chi connectivity index (χ4n) is 2.13. The number of carbonyl (C=O) groups excluding carboxylic acids is 1. The maximum Gasteiger partial charge on any atom is 0.410 e. The Morgan fingerprint density at radius 1 is 1.30 bits per heavy atom. The van der Waals surface area contributed by atoms with Crippen molar-refractivity contribution in [3.8, 4) is 0 Å². The molecule has 5 nitrogen and oxygen atoms in total. The quantitative estimate of drug-likeness (QED) is 0.796. The van der Waals surface area contributed by atoms with Crippen LogP contribution >= 0.6 is 0 Å². The first kappa shape index (κ1) is 14.5. The molecule has 5 heteroatoms. The fraction of sp³-hybridized carbons (Fsp3) is 0.533. The Hall–Kier alpha value is -1.91. The van der Waals surface area contributed by atoms with Gasteiger partial charge < -0.3 is 9.64 Å². The lowest BCUT2D eigenvalue weighted by atomic mass is 9.91. The number of likely N-dealkylation sites (tertiary alicyclic amines) is 1. The Kier molecular flexibility index (Phi) is 4.06. The summed E-state index contributed by atoms with van der Waals surface area (Å²) < 4.78 is 5.32. The summed E-state index contributed by atoms with van der Waals surface area (Å²) in [6.07, 6.45) is -0.254. The van der Waals surface area contributed by atoms with Crippen LogP contribution in [0.25, 0.3) is 0 Å². The van der Waals surface area contributed by atoms with Gasteiger partial charge in [0.05, 0.1) is 0 Å². The Balaban J connectivity index is 1.86.